The highest BCUT2D eigenvalue weighted by Crippen LogP contribution is 2.45. The van der Waals surface area contributed by atoms with Crippen molar-refractivity contribution in [2.75, 3.05) is 6.26 Å². The van der Waals surface area contributed by atoms with Gasteiger partial charge < -0.3 is 0 Å². The molecule has 0 unspecified atom stereocenters. The van der Waals surface area contributed by atoms with E-state index in [1.165, 1.54) is 6.26 Å². The molecule has 0 aliphatic carbocycles. The van der Waals surface area contributed by atoms with Crippen molar-refractivity contribution in [1.29, 1.82) is 0 Å². The monoisotopic (exact) mass is 172 g/mol. The van der Waals surface area contributed by atoms with E-state index >= 15 is 0 Å². The van der Waals surface area contributed by atoms with Crippen LogP contribution in [0.2, 0.25) is 0 Å². The maximum Gasteiger partial charge on any atom is 0.0609 e. The van der Waals surface area contributed by atoms with E-state index in [-0.39, 0.29) is 0 Å². The van der Waals surface area contributed by atoms with E-state index in [9.17, 15) is 9.11 Å². The lowest BCUT2D eigenvalue weighted by molar-refractivity contribution is 0.494. The van der Waals surface area contributed by atoms with Crippen LogP contribution in [0, 0.1) is 6.92 Å². The quantitative estimate of drug-likeness (QED) is 0.683. The third-order valence-electron chi connectivity index (χ3n) is 1.51. The summed E-state index contributed by atoms with van der Waals surface area (Å²) in [6, 6.07) is 7.29. The average molecular weight is 172 g/mol. The molecule has 3 heteroatoms. The molecule has 0 spiro atoms. The summed E-state index contributed by atoms with van der Waals surface area (Å²) in [6.07, 6.45) is 1.44. The molecule has 0 heterocycles. The fourth-order valence-electron chi connectivity index (χ4n) is 0.990. The van der Waals surface area contributed by atoms with Crippen LogP contribution < -0.4 is 0 Å². The smallest absolute Gasteiger partial charge is 0.0609 e. The first kappa shape index (κ1) is 8.59. The Morgan fingerprint density at radius 3 is 2.09 bits per heavy atom. The first-order valence-electron chi connectivity index (χ1n) is 3.30. The normalized spacial score (nSPS) is 13.1. The Bertz CT molecular complexity index is 253. The molecule has 62 valence electrons. The second-order valence-electron chi connectivity index (χ2n) is 2.60. The highest BCUT2D eigenvalue weighted by molar-refractivity contribution is 8.23. The van der Waals surface area contributed by atoms with E-state index in [0.29, 0.717) is 4.90 Å². The molecule has 0 atom stereocenters. The van der Waals surface area contributed by atoms with Gasteiger partial charge in [0, 0.05) is 6.26 Å². The average Bonchev–Trinajstić information content (AvgIpc) is 1.86. The first-order valence-corrected chi connectivity index (χ1v) is 5.26. The fraction of sp³-hybridized carbons (Fsp3) is 0.250. The highest BCUT2D eigenvalue weighted by Gasteiger charge is 2.09. The molecule has 2 nitrogen and oxygen atoms in total. The summed E-state index contributed by atoms with van der Waals surface area (Å²) < 4.78 is 18.6. The van der Waals surface area contributed by atoms with Crippen LogP contribution in [0.15, 0.2) is 29.2 Å². The van der Waals surface area contributed by atoms with E-state index in [1.807, 2.05) is 19.1 Å². The fourth-order valence-corrected chi connectivity index (χ4v) is 2.00. The van der Waals surface area contributed by atoms with Crippen molar-refractivity contribution in [3.8, 4) is 0 Å². The van der Waals surface area contributed by atoms with Crippen LogP contribution in [0.4, 0.5) is 0 Å². The Hall–Kier alpha value is -0.510. The van der Waals surface area contributed by atoms with Gasteiger partial charge in [-0.2, -0.15) is 10.6 Å². The summed E-state index contributed by atoms with van der Waals surface area (Å²) in [5, 5.41) is 0. The number of hydrogen-bond acceptors (Lipinski definition) is 2. The van der Waals surface area contributed by atoms with Crippen molar-refractivity contribution >= 4 is 10.6 Å². The molecule has 1 aromatic rings. The van der Waals surface area contributed by atoms with E-state index < -0.39 is 10.6 Å². The molecular weight excluding hydrogens is 160 g/mol. The molecule has 0 radical (unpaired) electrons. The van der Waals surface area contributed by atoms with Crippen LogP contribution in [0.5, 0.6) is 0 Å². The van der Waals surface area contributed by atoms with Gasteiger partial charge in [0.25, 0.3) is 0 Å². The predicted molar refractivity (Wildman–Crippen MR) is 48.2 cm³/mol. The molecule has 0 fully saturated rings. The zero-order chi connectivity index (χ0) is 8.48. The van der Waals surface area contributed by atoms with Gasteiger partial charge in [-0.1, -0.05) is 18.2 Å². The lowest BCUT2D eigenvalue weighted by Crippen LogP contribution is -1.96. The summed E-state index contributed by atoms with van der Waals surface area (Å²) >= 11 is 0. The highest BCUT2D eigenvalue weighted by atomic mass is 32.3. The van der Waals surface area contributed by atoms with Gasteiger partial charge in [0.15, 0.2) is 0 Å². The molecule has 1 rings (SSSR count). The van der Waals surface area contributed by atoms with Gasteiger partial charge in [-0.15, -0.1) is 0 Å². The number of benzene rings is 1. The van der Waals surface area contributed by atoms with E-state index in [4.69, 9.17) is 0 Å². The molecule has 0 aliphatic rings. The predicted octanol–water partition coefficient (Wildman–Crippen LogP) is 2.73. The van der Waals surface area contributed by atoms with Crippen LogP contribution in [-0.2, 0) is 0 Å². The summed E-state index contributed by atoms with van der Waals surface area (Å²) in [6.45, 7) is 1.87. The van der Waals surface area contributed by atoms with E-state index in [0.717, 1.165) is 5.56 Å². The second-order valence-corrected chi connectivity index (χ2v) is 4.71. The zero-order valence-electron chi connectivity index (χ0n) is 6.61. The van der Waals surface area contributed by atoms with Gasteiger partial charge in [-0.3, -0.25) is 9.11 Å². The van der Waals surface area contributed by atoms with Crippen molar-refractivity contribution in [3.63, 3.8) is 0 Å². The Morgan fingerprint density at radius 1 is 1.18 bits per heavy atom. The molecule has 11 heavy (non-hydrogen) atoms. The largest absolute Gasteiger partial charge is 0.295 e. The summed E-state index contributed by atoms with van der Waals surface area (Å²) in [4.78, 5) is 0.639. The Kier molecular flexibility index (Phi) is 2.23. The lowest BCUT2D eigenvalue weighted by atomic mass is 10.2. The van der Waals surface area contributed by atoms with Crippen LogP contribution in [-0.4, -0.2) is 15.4 Å². The Labute approximate surface area is 68.2 Å². The van der Waals surface area contributed by atoms with Crippen LogP contribution in [0.3, 0.4) is 0 Å². The van der Waals surface area contributed by atoms with E-state index in [2.05, 4.69) is 0 Å². The van der Waals surface area contributed by atoms with Gasteiger partial charge in [0.05, 0.1) is 4.90 Å². The SMILES string of the molecule is Cc1ccccc1S(C)(O)O. The van der Waals surface area contributed by atoms with Crippen molar-refractivity contribution in [2.45, 2.75) is 11.8 Å². The van der Waals surface area contributed by atoms with Gasteiger partial charge in [0.1, 0.15) is 0 Å². The summed E-state index contributed by atoms with van der Waals surface area (Å²) in [5.41, 5.74) is 0.926. The molecule has 0 saturated carbocycles. The molecule has 2 N–H and O–H groups in total. The lowest BCUT2D eigenvalue weighted by Gasteiger charge is -2.28. The minimum Gasteiger partial charge on any atom is -0.295 e. The number of aryl methyl sites for hydroxylation is 1. The minimum absolute atomic E-state index is 0.639. The number of hydrogen-bond donors (Lipinski definition) is 2. The van der Waals surface area contributed by atoms with Gasteiger partial charge in [0.2, 0.25) is 0 Å². The molecule has 0 bridgehead atoms. The third-order valence-corrected chi connectivity index (χ3v) is 2.80. The van der Waals surface area contributed by atoms with Crippen LogP contribution >= 0.6 is 10.6 Å². The molecule has 0 aliphatic heterocycles. The number of rotatable bonds is 1. The molecule has 0 aromatic heterocycles. The van der Waals surface area contributed by atoms with Crippen molar-refractivity contribution < 1.29 is 9.11 Å². The molecule has 1 aromatic carbocycles. The first-order chi connectivity index (χ1) is 5.02. The van der Waals surface area contributed by atoms with Crippen molar-refractivity contribution in [2.24, 2.45) is 0 Å². The van der Waals surface area contributed by atoms with Crippen molar-refractivity contribution in [3.05, 3.63) is 29.8 Å². The standard InChI is InChI=1S/C8H12O2S/c1-7-5-3-4-6-8(7)11(2,9)10/h3-6,9-10H,1-2H3. The zero-order valence-corrected chi connectivity index (χ0v) is 7.43. The summed E-state index contributed by atoms with van der Waals surface area (Å²) in [7, 11) is -2.53. The van der Waals surface area contributed by atoms with E-state index in [1.54, 1.807) is 12.1 Å². The van der Waals surface area contributed by atoms with Gasteiger partial charge in [-0.25, -0.2) is 0 Å². The van der Waals surface area contributed by atoms with Crippen LogP contribution in [0.25, 0.3) is 0 Å². The molecule has 0 saturated heterocycles. The topological polar surface area (TPSA) is 40.5 Å². The summed E-state index contributed by atoms with van der Waals surface area (Å²) in [5.74, 6) is 0. The minimum atomic E-state index is -2.53. The maximum absolute atomic E-state index is 9.31. The Balaban J connectivity index is 3.14. The second kappa shape index (κ2) is 2.85. The van der Waals surface area contributed by atoms with Crippen LogP contribution in [0.1, 0.15) is 5.56 Å². The van der Waals surface area contributed by atoms with Gasteiger partial charge >= 0.3 is 0 Å². The Morgan fingerprint density at radius 2 is 1.73 bits per heavy atom. The maximum atomic E-state index is 9.31. The van der Waals surface area contributed by atoms with Gasteiger partial charge in [-0.05, 0) is 18.6 Å². The third kappa shape index (κ3) is 1.96. The molecule has 0 amide bonds. The van der Waals surface area contributed by atoms with Crippen molar-refractivity contribution in [1.82, 2.24) is 0 Å². The molecular formula is C8H12O2S.